The number of sulfonamides is 1. The number of carbonyl (C=O) groups is 1. The van der Waals surface area contributed by atoms with Gasteiger partial charge in [-0.3, -0.25) is 4.79 Å². The van der Waals surface area contributed by atoms with E-state index in [1.807, 2.05) is 6.07 Å². The van der Waals surface area contributed by atoms with Crippen LogP contribution in [0.2, 0.25) is 5.02 Å². The molecule has 0 radical (unpaired) electrons. The highest BCUT2D eigenvalue weighted by Crippen LogP contribution is 2.49. The maximum absolute atomic E-state index is 13.2. The van der Waals surface area contributed by atoms with Crippen molar-refractivity contribution < 1.29 is 27.4 Å². The van der Waals surface area contributed by atoms with E-state index in [9.17, 15) is 13.2 Å². The number of halogens is 1. The summed E-state index contributed by atoms with van der Waals surface area (Å²) in [6, 6.07) is 11.4. The number of benzene rings is 2. The molecular formula is C35H47ClN2O6S. The molecule has 45 heavy (non-hydrogen) atoms. The molecule has 1 N–H and O–H groups in total. The zero-order valence-corrected chi connectivity index (χ0v) is 28.7. The van der Waals surface area contributed by atoms with Gasteiger partial charge in [-0.05, 0) is 106 Å². The molecule has 0 aromatic heterocycles. The molecule has 2 aromatic rings. The molecule has 2 aromatic carbocycles. The van der Waals surface area contributed by atoms with Crippen molar-refractivity contribution in [1.82, 2.24) is 4.72 Å². The van der Waals surface area contributed by atoms with Crippen molar-refractivity contribution in [2.45, 2.75) is 75.6 Å². The van der Waals surface area contributed by atoms with E-state index in [-0.39, 0.29) is 16.9 Å². The van der Waals surface area contributed by atoms with E-state index in [1.54, 1.807) is 46.3 Å². The summed E-state index contributed by atoms with van der Waals surface area (Å²) in [4.78, 5) is 15.6. The Kier molecular flexibility index (Phi) is 10.2. The number of anilines is 1. The second-order valence-electron chi connectivity index (χ2n) is 13.2. The number of hydrogen-bond acceptors (Lipinski definition) is 7. The van der Waals surface area contributed by atoms with Crippen LogP contribution < -0.4 is 14.4 Å². The van der Waals surface area contributed by atoms with Gasteiger partial charge in [0.25, 0.3) is 5.91 Å². The summed E-state index contributed by atoms with van der Waals surface area (Å²) in [6.45, 7) is 7.60. The molecule has 1 fully saturated rings. The van der Waals surface area contributed by atoms with Crippen molar-refractivity contribution in [2.75, 3.05) is 45.4 Å². The predicted molar refractivity (Wildman–Crippen MR) is 179 cm³/mol. The van der Waals surface area contributed by atoms with E-state index in [0.29, 0.717) is 31.4 Å². The topological polar surface area (TPSA) is 94.2 Å². The van der Waals surface area contributed by atoms with Crippen LogP contribution in [0, 0.1) is 11.8 Å². The van der Waals surface area contributed by atoms with Gasteiger partial charge in [0.15, 0.2) is 0 Å². The molecule has 2 aliphatic carbocycles. The average Bonchev–Trinajstić information content (AvgIpc) is 3.14. The Morgan fingerprint density at radius 2 is 2.02 bits per heavy atom. The fourth-order valence-corrected chi connectivity index (χ4v) is 8.18. The third-order valence-corrected chi connectivity index (χ3v) is 12.0. The van der Waals surface area contributed by atoms with E-state index >= 15 is 0 Å². The van der Waals surface area contributed by atoms with Crippen molar-refractivity contribution in [3.63, 3.8) is 0 Å². The lowest BCUT2D eigenvalue weighted by Gasteiger charge is -2.50. The molecule has 4 atom stereocenters. The zero-order chi connectivity index (χ0) is 32.4. The standard InChI is InChI=1S/C35H47ClN2O6S/c1-6-7-17-35(43-5,23-42-4)30-13-10-27(30)20-38-21-34(16-8-9-25-18-28(36)12-14-29(25)34)22-44-32-15-11-26(19-31(32)38)33(39)37-45(40,41)24(2)3/h7,11-12,14-15,17-19,24,27,30H,6,8-10,13,16,20-23H2,1-5H3,(H,37,39)/b17-7+/t27-,30+,34-,35+/m0/s1. The molecule has 1 amide bonds. The Balaban J connectivity index is 1.54. The summed E-state index contributed by atoms with van der Waals surface area (Å²) >= 11 is 6.43. The van der Waals surface area contributed by atoms with Crippen LogP contribution in [0.1, 0.15) is 74.4 Å². The van der Waals surface area contributed by atoms with Gasteiger partial charge in [0, 0.05) is 43.3 Å². The van der Waals surface area contributed by atoms with Crippen molar-refractivity contribution in [1.29, 1.82) is 0 Å². The molecule has 1 saturated carbocycles. The van der Waals surface area contributed by atoms with Gasteiger partial charge < -0.3 is 19.1 Å². The summed E-state index contributed by atoms with van der Waals surface area (Å²) in [7, 11) is -0.311. The monoisotopic (exact) mass is 658 g/mol. The number of nitrogens with one attached hydrogen (secondary N) is 1. The van der Waals surface area contributed by atoms with Crippen LogP contribution in [0.4, 0.5) is 5.69 Å². The van der Waals surface area contributed by atoms with Gasteiger partial charge in [-0.2, -0.15) is 0 Å². The molecular weight excluding hydrogens is 612 g/mol. The van der Waals surface area contributed by atoms with Crippen molar-refractivity contribution in [3.8, 4) is 5.75 Å². The SMILES string of the molecule is CC/C=C/[C@](COC)(OC)[C@@H]1CC[C@H]1CN1C[C@@]2(CCCc3cc(Cl)ccc32)COc2ccc(C(=O)NS(=O)(=O)C(C)C)cc21. The predicted octanol–water partition coefficient (Wildman–Crippen LogP) is 6.31. The number of fused-ring (bicyclic) bond motifs is 3. The van der Waals surface area contributed by atoms with E-state index in [4.69, 9.17) is 25.8 Å². The highest BCUT2D eigenvalue weighted by molar-refractivity contribution is 7.90. The fraction of sp³-hybridized carbons (Fsp3) is 0.571. The zero-order valence-electron chi connectivity index (χ0n) is 27.1. The van der Waals surface area contributed by atoms with E-state index in [0.717, 1.165) is 55.8 Å². The summed E-state index contributed by atoms with van der Waals surface area (Å²) in [6.07, 6.45) is 10.3. The lowest BCUT2D eigenvalue weighted by atomic mass is 9.64. The smallest absolute Gasteiger partial charge is 0.264 e. The Bertz CT molecular complexity index is 1530. The molecule has 0 unspecified atom stereocenters. The summed E-state index contributed by atoms with van der Waals surface area (Å²) in [5.74, 6) is 0.589. The Morgan fingerprint density at radius 3 is 2.69 bits per heavy atom. The van der Waals surface area contributed by atoms with E-state index in [1.165, 1.54) is 11.1 Å². The molecule has 1 heterocycles. The van der Waals surface area contributed by atoms with Crippen molar-refractivity contribution in [3.05, 3.63) is 70.3 Å². The lowest BCUT2D eigenvalue weighted by molar-refractivity contribution is -0.110. The van der Waals surface area contributed by atoms with Crippen molar-refractivity contribution >= 4 is 33.2 Å². The highest BCUT2D eigenvalue weighted by atomic mass is 35.5. The van der Waals surface area contributed by atoms with Gasteiger partial charge in [0.1, 0.15) is 11.4 Å². The highest BCUT2D eigenvalue weighted by Gasteiger charge is 2.49. The number of nitrogens with zero attached hydrogens (tertiary/aromatic N) is 1. The van der Waals surface area contributed by atoms with Crippen LogP contribution >= 0.6 is 11.6 Å². The minimum absolute atomic E-state index is 0.244. The Labute approximate surface area is 273 Å². The molecule has 10 heteroatoms. The number of rotatable bonds is 11. The van der Waals surface area contributed by atoms with Crippen LogP contribution in [-0.4, -0.2) is 65.7 Å². The average molecular weight is 659 g/mol. The first-order chi connectivity index (χ1) is 21.5. The Morgan fingerprint density at radius 1 is 1.22 bits per heavy atom. The number of ether oxygens (including phenoxy) is 3. The van der Waals surface area contributed by atoms with Gasteiger partial charge in [-0.1, -0.05) is 36.7 Å². The second kappa shape index (κ2) is 13.6. The Hall–Kier alpha value is -2.59. The molecule has 246 valence electrons. The number of methoxy groups -OCH3 is 2. The maximum Gasteiger partial charge on any atom is 0.264 e. The fourth-order valence-electron chi connectivity index (χ4n) is 7.38. The third-order valence-electron chi connectivity index (χ3n) is 10.0. The van der Waals surface area contributed by atoms with Gasteiger partial charge in [0.2, 0.25) is 10.0 Å². The molecule has 3 aliphatic rings. The first-order valence-corrected chi connectivity index (χ1v) is 18.0. The largest absolute Gasteiger partial charge is 0.490 e. The van der Waals surface area contributed by atoms with Crippen LogP contribution in [0.3, 0.4) is 0 Å². The number of aryl methyl sites for hydroxylation is 1. The minimum atomic E-state index is -3.79. The molecule has 0 saturated heterocycles. The third kappa shape index (κ3) is 6.78. The minimum Gasteiger partial charge on any atom is -0.490 e. The number of amides is 1. The van der Waals surface area contributed by atoms with E-state index < -0.39 is 26.8 Å². The van der Waals surface area contributed by atoms with Crippen LogP contribution in [-0.2, 0) is 31.3 Å². The summed E-state index contributed by atoms with van der Waals surface area (Å²) in [5, 5.41) is 0.00581. The summed E-state index contributed by atoms with van der Waals surface area (Å²) in [5.41, 5.74) is 2.79. The number of carbonyl (C=O) groups excluding carboxylic acids is 1. The lowest BCUT2D eigenvalue weighted by Crippen LogP contribution is -2.54. The molecule has 0 bridgehead atoms. The van der Waals surface area contributed by atoms with Crippen molar-refractivity contribution in [2.24, 2.45) is 11.8 Å². The van der Waals surface area contributed by atoms with E-state index in [2.05, 4.69) is 40.8 Å². The molecule has 1 aliphatic heterocycles. The van der Waals surface area contributed by atoms with Crippen LogP contribution in [0.15, 0.2) is 48.6 Å². The number of allylic oxidation sites excluding steroid dienone is 1. The summed E-state index contributed by atoms with van der Waals surface area (Å²) < 4.78 is 45.8. The number of hydrogen-bond donors (Lipinski definition) is 1. The molecule has 1 spiro atoms. The maximum atomic E-state index is 13.2. The molecule has 8 nitrogen and oxygen atoms in total. The second-order valence-corrected chi connectivity index (χ2v) is 15.8. The first-order valence-electron chi connectivity index (χ1n) is 16.1. The van der Waals surface area contributed by atoms with Gasteiger partial charge in [-0.15, -0.1) is 0 Å². The first kappa shape index (κ1) is 33.8. The van der Waals surface area contributed by atoms with Gasteiger partial charge >= 0.3 is 0 Å². The van der Waals surface area contributed by atoms with Crippen LogP contribution in [0.5, 0.6) is 5.75 Å². The quantitative estimate of drug-likeness (QED) is 0.283. The normalized spacial score (nSPS) is 24.4. The molecule has 5 rings (SSSR count). The van der Waals surface area contributed by atoms with Gasteiger partial charge in [-0.25, -0.2) is 13.1 Å². The van der Waals surface area contributed by atoms with Crippen LogP contribution in [0.25, 0.3) is 0 Å². The van der Waals surface area contributed by atoms with Gasteiger partial charge in [0.05, 0.1) is 24.2 Å².